The van der Waals surface area contributed by atoms with Crippen molar-refractivity contribution >= 4 is 11.3 Å². The molecular formula is C14H16N4S. The molecule has 19 heavy (non-hydrogen) atoms. The third-order valence-corrected chi connectivity index (χ3v) is 3.91. The summed E-state index contributed by atoms with van der Waals surface area (Å²) in [5, 5.41) is 22.6. The molecule has 0 fully saturated rings. The van der Waals surface area contributed by atoms with Crippen LogP contribution in [0.25, 0.3) is 10.6 Å². The van der Waals surface area contributed by atoms with Gasteiger partial charge in [-0.2, -0.15) is 5.26 Å². The quantitative estimate of drug-likeness (QED) is 0.908. The van der Waals surface area contributed by atoms with Crippen LogP contribution in [0.15, 0.2) is 24.3 Å². The Morgan fingerprint density at radius 2 is 2.26 bits per heavy atom. The fourth-order valence-corrected chi connectivity index (χ4v) is 2.56. The molecular weight excluding hydrogens is 256 g/mol. The molecule has 1 aromatic carbocycles. The number of nitrogens with one attached hydrogen (secondary N) is 1. The molecule has 0 aliphatic heterocycles. The van der Waals surface area contributed by atoms with Crippen molar-refractivity contribution in [3.05, 3.63) is 34.8 Å². The van der Waals surface area contributed by atoms with Crippen LogP contribution >= 0.6 is 11.3 Å². The van der Waals surface area contributed by atoms with E-state index in [1.807, 2.05) is 18.2 Å². The summed E-state index contributed by atoms with van der Waals surface area (Å²) in [6.07, 6.45) is 1.10. The van der Waals surface area contributed by atoms with Gasteiger partial charge in [-0.25, -0.2) is 0 Å². The first-order chi connectivity index (χ1) is 9.24. The van der Waals surface area contributed by atoms with E-state index in [2.05, 4.69) is 35.4 Å². The van der Waals surface area contributed by atoms with Gasteiger partial charge in [0.25, 0.3) is 0 Å². The van der Waals surface area contributed by atoms with Gasteiger partial charge in [-0.05, 0) is 32.0 Å². The van der Waals surface area contributed by atoms with Gasteiger partial charge in [0, 0.05) is 5.56 Å². The molecule has 1 heterocycles. The predicted octanol–water partition coefficient (Wildman–Crippen LogP) is 3.14. The Labute approximate surface area is 117 Å². The highest BCUT2D eigenvalue weighted by molar-refractivity contribution is 7.14. The van der Waals surface area contributed by atoms with Crippen molar-refractivity contribution in [3.63, 3.8) is 0 Å². The zero-order valence-electron chi connectivity index (χ0n) is 11.1. The highest BCUT2D eigenvalue weighted by Gasteiger charge is 2.12. The monoisotopic (exact) mass is 272 g/mol. The molecule has 5 heteroatoms. The number of rotatable bonds is 5. The average Bonchev–Trinajstić information content (AvgIpc) is 2.94. The summed E-state index contributed by atoms with van der Waals surface area (Å²) in [4.78, 5) is 0. The number of aromatic nitrogens is 2. The number of nitriles is 1. The van der Waals surface area contributed by atoms with Crippen LogP contribution in [0.5, 0.6) is 0 Å². The molecule has 0 radical (unpaired) electrons. The van der Waals surface area contributed by atoms with E-state index >= 15 is 0 Å². The second-order valence-electron chi connectivity index (χ2n) is 4.31. The Morgan fingerprint density at radius 3 is 3.00 bits per heavy atom. The minimum absolute atomic E-state index is 0.213. The van der Waals surface area contributed by atoms with Crippen LogP contribution in [-0.2, 0) is 0 Å². The molecule has 0 saturated carbocycles. The van der Waals surface area contributed by atoms with Crippen LogP contribution in [0.2, 0.25) is 0 Å². The summed E-state index contributed by atoms with van der Waals surface area (Å²) in [7, 11) is 0. The molecule has 0 aliphatic carbocycles. The molecule has 0 spiro atoms. The Bertz CT molecular complexity index is 585. The molecule has 4 nitrogen and oxygen atoms in total. The summed E-state index contributed by atoms with van der Waals surface area (Å²) in [6.45, 7) is 5.20. The van der Waals surface area contributed by atoms with E-state index in [1.54, 1.807) is 17.4 Å². The standard InChI is InChI=1S/C14H16N4S/c1-3-7-16-10(2)13-17-18-14(19-13)12-6-4-5-11(8-12)9-15/h4-6,8,10,16H,3,7H2,1-2H3. The summed E-state index contributed by atoms with van der Waals surface area (Å²) in [5.41, 5.74) is 1.59. The second kappa shape index (κ2) is 6.41. The van der Waals surface area contributed by atoms with E-state index < -0.39 is 0 Å². The lowest BCUT2D eigenvalue weighted by Crippen LogP contribution is -2.18. The third kappa shape index (κ3) is 3.37. The number of nitrogens with zero attached hydrogens (tertiary/aromatic N) is 3. The van der Waals surface area contributed by atoms with Crippen LogP contribution < -0.4 is 5.32 Å². The van der Waals surface area contributed by atoms with Crippen molar-refractivity contribution in [1.82, 2.24) is 15.5 Å². The molecule has 2 rings (SSSR count). The molecule has 1 atom stereocenters. The van der Waals surface area contributed by atoms with Crippen molar-refractivity contribution in [2.75, 3.05) is 6.54 Å². The largest absolute Gasteiger partial charge is 0.308 e. The number of hydrogen-bond donors (Lipinski definition) is 1. The van der Waals surface area contributed by atoms with Crippen molar-refractivity contribution in [2.45, 2.75) is 26.3 Å². The maximum absolute atomic E-state index is 8.91. The van der Waals surface area contributed by atoms with E-state index in [-0.39, 0.29) is 6.04 Å². The normalized spacial score (nSPS) is 12.1. The zero-order valence-corrected chi connectivity index (χ0v) is 11.9. The molecule has 0 aliphatic rings. The highest BCUT2D eigenvalue weighted by Crippen LogP contribution is 2.27. The lowest BCUT2D eigenvalue weighted by Gasteiger charge is -2.08. The molecule has 0 bridgehead atoms. The van der Waals surface area contributed by atoms with Gasteiger partial charge in [0.2, 0.25) is 0 Å². The number of benzene rings is 1. The van der Waals surface area contributed by atoms with Gasteiger partial charge in [0.05, 0.1) is 17.7 Å². The second-order valence-corrected chi connectivity index (χ2v) is 5.32. The van der Waals surface area contributed by atoms with Crippen molar-refractivity contribution < 1.29 is 0 Å². The van der Waals surface area contributed by atoms with Crippen LogP contribution in [0.1, 0.15) is 36.9 Å². The Kier molecular flexibility index (Phi) is 4.61. The molecule has 1 unspecified atom stereocenters. The number of hydrogen-bond acceptors (Lipinski definition) is 5. The van der Waals surface area contributed by atoms with Gasteiger partial charge in [0.1, 0.15) is 10.0 Å². The molecule has 0 amide bonds. The molecule has 1 aromatic heterocycles. The van der Waals surface area contributed by atoms with Gasteiger partial charge in [0.15, 0.2) is 0 Å². The summed E-state index contributed by atoms with van der Waals surface area (Å²) in [5.74, 6) is 0. The first-order valence-corrected chi connectivity index (χ1v) is 7.13. The summed E-state index contributed by atoms with van der Waals surface area (Å²) in [6, 6.07) is 9.80. The highest BCUT2D eigenvalue weighted by atomic mass is 32.1. The topological polar surface area (TPSA) is 61.6 Å². The van der Waals surface area contributed by atoms with Gasteiger partial charge in [-0.1, -0.05) is 30.4 Å². The van der Waals surface area contributed by atoms with E-state index in [4.69, 9.17) is 5.26 Å². The average molecular weight is 272 g/mol. The van der Waals surface area contributed by atoms with Crippen LogP contribution in [0.3, 0.4) is 0 Å². The Morgan fingerprint density at radius 1 is 1.42 bits per heavy atom. The van der Waals surface area contributed by atoms with Gasteiger partial charge < -0.3 is 5.32 Å². The molecule has 98 valence electrons. The van der Waals surface area contributed by atoms with Crippen LogP contribution in [0.4, 0.5) is 0 Å². The van der Waals surface area contributed by atoms with E-state index in [9.17, 15) is 0 Å². The fourth-order valence-electron chi connectivity index (χ4n) is 1.70. The first kappa shape index (κ1) is 13.7. The van der Waals surface area contributed by atoms with Crippen molar-refractivity contribution in [2.24, 2.45) is 0 Å². The van der Waals surface area contributed by atoms with Gasteiger partial charge >= 0.3 is 0 Å². The smallest absolute Gasteiger partial charge is 0.147 e. The van der Waals surface area contributed by atoms with Crippen molar-refractivity contribution in [1.29, 1.82) is 5.26 Å². The third-order valence-electron chi connectivity index (χ3n) is 2.75. The van der Waals surface area contributed by atoms with Crippen molar-refractivity contribution in [3.8, 4) is 16.6 Å². The van der Waals surface area contributed by atoms with Crippen LogP contribution in [-0.4, -0.2) is 16.7 Å². The van der Waals surface area contributed by atoms with Gasteiger partial charge in [-0.3, -0.25) is 0 Å². The Balaban J connectivity index is 2.18. The van der Waals surface area contributed by atoms with E-state index in [0.717, 1.165) is 28.5 Å². The molecule has 0 saturated heterocycles. The maximum atomic E-state index is 8.91. The predicted molar refractivity (Wildman–Crippen MR) is 76.8 cm³/mol. The summed E-state index contributed by atoms with van der Waals surface area (Å²) >= 11 is 1.57. The van der Waals surface area contributed by atoms with Gasteiger partial charge in [-0.15, -0.1) is 10.2 Å². The first-order valence-electron chi connectivity index (χ1n) is 6.32. The lowest BCUT2D eigenvalue weighted by molar-refractivity contribution is 0.564. The summed E-state index contributed by atoms with van der Waals surface area (Å²) < 4.78 is 0. The molecule has 2 aromatic rings. The fraction of sp³-hybridized carbons (Fsp3) is 0.357. The Hall–Kier alpha value is -1.77. The SMILES string of the molecule is CCCNC(C)c1nnc(-c2cccc(C#N)c2)s1. The maximum Gasteiger partial charge on any atom is 0.147 e. The van der Waals surface area contributed by atoms with Crippen LogP contribution in [0, 0.1) is 11.3 Å². The molecule has 1 N–H and O–H groups in total. The minimum Gasteiger partial charge on any atom is -0.308 e. The lowest BCUT2D eigenvalue weighted by atomic mass is 10.1. The van der Waals surface area contributed by atoms with E-state index in [1.165, 1.54) is 0 Å². The minimum atomic E-state index is 0.213. The van der Waals surface area contributed by atoms with E-state index in [0.29, 0.717) is 5.56 Å². The zero-order chi connectivity index (χ0) is 13.7.